The summed E-state index contributed by atoms with van der Waals surface area (Å²) in [5.41, 5.74) is 0. The molecule has 2 heteroatoms. The SMILES string of the molecule is CC(C)(C)SC1C=CC(SC(C)(C)C)C=C1. The Labute approximate surface area is 109 Å². The van der Waals surface area contributed by atoms with Crippen LogP contribution in [0.3, 0.4) is 0 Å². The van der Waals surface area contributed by atoms with Crippen LogP contribution in [0.25, 0.3) is 0 Å². The molecule has 0 N–H and O–H groups in total. The number of hydrogen-bond donors (Lipinski definition) is 0. The van der Waals surface area contributed by atoms with Crippen molar-refractivity contribution in [3.8, 4) is 0 Å². The van der Waals surface area contributed by atoms with E-state index in [1.54, 1.807) is 0 Å². The molecule has 0 saturated carbocycles. The van der Waals surface area contributed by atoms with E-state index in [0.717, 1.165) is 0 Å². The molecule has 0 unspecified atom stereocenters. The number of thioether (sulfide) groups is 2. The van der Waals surface area contributed by atoms with Crippen LogP contribution in [-0.2, 0) is 0 Å². The Balaban J connectivity index is 2.47. The summed E-state index contributed by atoms with van der Waals surface area (Å²) in [6, 6.07) is 0. The van der Waals surface area contributed by atoms with Crippen molar-refractivity contribution in [2.45, 2.75) is 61.5 Å². The van der Waals surface area contributed by atoms with Crippen molar-refractivity contribution < 1.29 is 0 Å². The van der Waals surface area contributed by atoms with Crippen molar-refractivity contribution in [2.75, 3.05) is 0 Å². The molecule has 0 aromatic heterocycles. The van der Waals surface area contributed by atoms with E-state index in [2.05, 4.69) is 65.8 Å². The summed E-state index contributed by atoms with van der Waals surface area (Å²) in [5, 5.41) is 1.11. The summed E-state index contributed by atoms with van der Waals surface area (Å²) in [6.07, 6.45) is 9.39. The number of hydrogen-bond acceptors (Lipinski definition) is 2. The highest BCUT2D eigenvalue weighted by atomic mass is 32.2. The van der Waals surface area contributed by atoms with Crippen LogP contribution in [0, 0.1) is 0 Å². The maximum absolute atomic E-state index is 2.35. The Hall–Kier alpha value is 0.180. The first-order valence-electron chi connectivity index (χ1n) is 5.88. The molecule has 0 aliphatic heterocycles. The zero-order valence-corrected chi connectivity index (χ0v) is 12.9. The van der Waals surface area contributed by atoms with Crippen LogP contribution in [0.5, 0.6) is 0 Å². The van der Waals surface area contributed by atoms with Crippen LogP contribution >= 0.6 is 23.5 Å². The quantitative estimate of drug-likeness (QED) is 0.644. The first-order chi connectivity index (χ1) is 7.16. The molecule has 0 spiro atoms. The zero-order chi connectivity index (χ0) is 12.4. The average molecular weight is 256 g/mol. The highest BCUT2D eigenvalue weighted by Crippen LogP contribution is 2.35. The normalized spacial score (nSPS) is 26.1. The van der Waals surface area contributed by atoms with Gasteiger partial charge in [-0.15, -0.1) is 23.5 Å². The third kappa shape index (κ3) is 6.05. The van der Waals surface area contributed by atoms with Crippen LogP contribution in [-0.4, -0.2) is 20.0 Å². The van der Waals surface area contributed by atoms with Gasteiger partial charge in [-0.25, -0.2) is 0 Å². The van der Waals surface area contributed by atoms with Gasteiger partial charge in [0.15, 0.2) is 0 Å². The van der Waals surface area contributed by atoms with Crippen molar-refractivity contribution in [1.82, 2.24) is 0 Å². The predicted molar refractivity (Wildman–Crippen MR) is 80.5 cm³/mol. The van der Waals surface area contributed by atoms with Crippen molar-refractivity contribution in [2.24, 2.45) is 0 Å². The van der Waals surface area contributed by atoms with Gasteiger partial charge in [0.05, 0.1) is 0 Å². The molecule has 0 aromatic rings. The van der Waals surface area contributed by atoms with Crippen LogP contribution in [0.1, 0.15) is 41.5 Å². The highest BCUT2D eigenvalue weighted by Gasteiger charge is 2.20. The van der Waals surface area contributed by atoms with Crippen LogP contribution in [0.4, 0.5) is 0 Å². The van der Waals surface area contributed by atoms with Gasteiger partial charge in [-0.1, -0.05) is 65.8 Å². The molecular weight excluding hydrogens is 232 g/mol. The Morgan fingerprint density at radius 1 is 0.625 bits per heavy atom. The molecule has 0 aromatic carbocycles. The summed E-state index contributed by atoms with van der Waals surface area (Å²) in [5.74, 6) is 0. The lowest BCUT2D eigenvalue weighted by Crippen LogP contribution is -2.18. The molecule has 1 rings (SSSR count). The van der Waals surface area contributed by atoms with Gasteiger partial charge >= 0.3 is 0 Å². The average Bonchev–Trinajstić information content (AvgIpc) is 2.03. The van der Waals surface area contributed by atoms with E-state index < -0.39 is 0 Å². The maximum atomic E-state index is 2.35. The topological polar surface area (TPSA) is 0 Å². The minimum Gasteiger partial charge on any atom is -0.144 e. The number of rotatable bonds is 2. The van der Waals surface area contributed by atoms with Gasteiger partial charge < -0.3 is 0 Å². The van der Waals surface area contributed by atoms with E-state index >= 15 is 0 Å². The molecule has 0 atom stereocenters. The second kappa shape index (κ2) is 5.22. The van der Waals surface area contributed by atoms with Crippen LogP contribution < -0.4 is 0 Å². The zero-order valence-electron chi connectivity index (χ0n) is 11.3. The van der Waals surface area contributed by atoms with Crippen molar-refractivity contribution in [3.63, 3.8) is 0 Å². The van der Waals surface area contributed by atoms with E-state index in [9.17, 15) is 0 Å². The predicted octanol–water partition coefficient (Wildman–Crippen LogP) is 4.91. The van der Waals surface area contributed by atoms with Gasteiger partial charge in [0.25, 0.3) is 0 Å². The van der Waals surface area contributed by atoms with Gasteiger partial charge in [0, 0.05) is 20.0 Å². The molecule has 0 bridgehead atoms. The third-order valence-electron chi connectivity index (χ3n) is 1.96. The minimum absolute atomic E-state index is 0.337. The largest absolute Gasteiger partial charge is 0.144 e. The van der Waals surface area contributed by atoms with Crippen LogP contribution in [0.2, 0.25) is 0 Å². The molecular formula is C14H24S2. The standard InChI is InChI=1S/C14H24S2/c1-13(2,3)15-11-7-9-12(10-8-11)16-14(4,5)6/h7-12H,1-6H3. The Morgan fingerprint density at radius 3 is 1.06 bits per heavy atom. The smallest absolute Gasteiger partial charge is 0.0413 e. The fourth-order valence-electron chi connectivity index (χ4n) is 1.54. The molecule has 16 heavy (non-hydrogen) atoms. The second-order valence-corrected chi connectivity index (χ2v) is 10.2. The molecule has 1 aliphatic rings. The summed E-state index contributed by atoms with van der Waals surface area (Å²) in [6.45, 7) is 13.6. The van der Waals surface area contributed by atoms with Crippen LogP contribution in [0.15, 0.2) is 24.3 Å². The van der Waals surface area contributed by atoms with Gasteiger partial charge in [0.2, 0.25) is 0 Å². The molecule has 1 aliphatic carbocycles. The minimum atomic E-state index is 0.337. The van der Waals surface area contributed by atoms with E-state index in [1.807, 2.05) is 23.5 Å². The third-order valence-corrected chi connectivity index (χ3v) is 4.55. The molecule has 0 heterocycles. The maximum Gasteiger partial charge on any atom is 0.0413 e. The van der Waals surface area contributed by atoms with Crippen molar-refractivity contribution in [3.05, 3.63) is 24.3 Å². The molecule has 0 saturated heterocycles. The summed E-state index contributed by atoms with van der Waals surface area (Å²) >= 11 is 4.03. The van der Waals surface area contributed by atoms with Crippen molar-refractivity contribution in [1.29, 1.82) is 0 Å². The first kappa shape index (κ1) is 14.2. The fraction of sp³-hybridized carbons (Fsp3) is 0.714. The lowest BCUT2D eigenvalue weighted by atomic mass is 10.2. The summed E-state index contributed by atoms with van der Waals surface area (Å²) < 4.78 is 0.673. The molecule has 92 valence electrons. The van der Waals surface area contributed by atoms with Gasteiger partial charge in [-0.2, -0.15) is 0 Å². The van der Waals surface area contributed by atoms with E-state index in [1.165, 1.54) is 0 Å². The fourth-order valence-corrected chi connectivity index (χ4v) is 3.85. The van der Waals surface area contributed by atoms with Crippen molar-refractivity contribution >= 4 is 23.5 Å². The van der Waals surface area contributed by atoms with Gasteiger partial charge in [-0.3, -0.25) is 0 Å². The Kier molecular flexibility index (Phi) is 4.65. The Morgan fingerprint density at radius 2 is 0.875 bits per heavy atom. The first-order valence-corrected chi connectivity index (χ1v) is 7.64. The molecule has 0 radical (unpaired) electrons. The van der Waals surface area contributed by atoms with Gasteiger partial charge in [-0.05, 0) is 0 Å². The van der Waals surface area contributed by atoms with E-state index in [0.29, 0.717) is 20.0 Å². The summed E-state index contributed by atoms with van der Waals surface area (Å²) in [7, 11) is 0. The molecule has 0 fully saturated rings. The lowest BCUT2D eigenvalue weighted by molar-refractivity contribution is 0.798. The summed E-state index contributed by atoms with van der Waals surface area (Å²) in [4.78, 5) is 0. The van der Waals surface area contributed by atoms with E-state index in [4.69, 9.17) is 0 Å². The lowest BCUT2D eigenvalue weighted by Gasteiger charge is -2.27. The monoisotopic (exact) mass is 256 g/mol. The van der Waals surface area contributed by atoms with E-state index in [-0.39, 0.29) is 0 Å². The molecule has 0 nitrogen and oxygen atoms in total. The highest BCUT2D eigenvalue weighted by molar-refractivity contribution is 8.02. The Bertz CT molecular complexity index is 234. The van der Waals surface area contributed by atoms with Gasteiger partial charge in [0.1, 0.15) is 0 Å². The second-order valence-electron chi connectivity index (χ2n) is 6.16. The molecule has 0 amide bonds.